The number of morpholine rings is 1. The van der Waals surface area contributed by atoms with Crippen LogP contribution in [0.25, 0.3) is 0 Å². The van der Waals surface area contributed by atoms with E-state index in [1.807, 2.05) is 13.0 Å². The van der Waals surface area contributed by atoms with Crippen LogP contribution in [0.4, 0.5) is 5.69 Å². The molecule has 0 radical (unpaired) electrons. The number of nitrogens with zero attached hydrogens (tertiary/aromatic N) is 3. The molecule has 0 atom stereocenters. The number of carbonyl (C=O) groups is 2. The molecule has 0 bridgehead atoms. The lowest BCUT2D eigenvalue weighted by atomic mass is 10.1. The summed E-state index contributed by atoms with van der Waals surface area (Å²) in [6.07, 6.45) is 3.18. The number of amides is 2. The minimum Gasteiger partial charge on any atom is -0.383 e. The van der Waals surface area contributed by atoms with Gasteiger partial charge in [0.25, 0.3) is 11.8 Å². The molecule has 0 aliphatic carbocycles. The average Bonchev–Trinajstić information content (AvgIpc) is 3.17. The fourth-order valence-electron chi connectivity index (χ4n) is 2.86. The lowest BCUT2D eigenvalue weighted by Gasteiger charge is -2.27. The van der Waals surface area contributed by atoms with Crippen molar-refractivity contribution in [2.75, 3.05) is 45.3 Å². The van der Waals surface area contributed by atoms with Gasteiger partial charge in [0.2, 0.25) is 0 Å². The molecule has 1 aliphatic rings. The zero-order chi connectivity index (χ0) is 19.2. The number of rotatable bonds is 6. The fraction of sp³-hybridized carbons (Fsp3) is 0.421. The van der Waals surface area contributed by atoms with Crippen molar-refractivity contribution >= 4 is 17.5 Å². The topological polar surface area (TPSA) is 85.7 Å². The summed E-state index contributed by atoms with van der Waals surface area (Å²) in [4.78, 5) is 27.0. The van der Waals surface area contributed by atoms with E-state index in [9.17, 15) is 9.59 Å². The van der Waals surface area contributed by atoms with Crippen LogP contribution in [-0.2, 0) is 16.0 Å². The molecule has 2 amide bonds. The first-order chi connectivity index (χ1) is 13.1. The highest BCUT2D eigenvalue weighted by molar-refractivity contribution is 6.05. The average molecular weight is 372 g/mol. The Balaban J connectivity index is 1.70. The van der Waals surface area contributed by atoms with E-state index in [4.69, 9.17) is 9.47 Å². The van der Waals surface area contributed by atoms with Crippen LogP contribution in [0.1, 0.15) is 26.3 Å². The summed E-state index contributed by atoms with van der Waals surface area (Å²) in [6, 6.07) is 5.35. The van der Waals surface area contributed by atoms with Crippen LogP contribution in [0, 0.1) is 6.92 Å². The molecule has 1 N–H and O–H groups in total. The zero-order valence-electron chi connectivity index (χ0n) is 15.6. The highest BCUT2D eigenvalue weighted by Crippen LogP contribution is 2.19. The lowest BCUT2D eigenvalue weighted by Crippen LogP contribution is -2.41. The van der Waals surface area contributed by atoms with E-state index >= 15 is 0 Å². The van der Waals surface area contributed by atoms with E-state index in [-0.39, 0.29) is 11.8 Å². The molecule has 3 rings (SSSR count). The summed E-state index contributed by atoms with van der Waals surface area (Å²) in [5, 5.41) is 6.97. The van der Waals surface area contributed by atoms with Crippen LogP contribution in [0.3, 0.4) is 0 Å². The second-order valence-electron chi connectivity index (χ2n) is 6.37. The largest absolute Gasteiger partial charge is 0.383 e. The molecule has 2 aromatic rings. The highest BCUT2D eigenvalue weighted by Gasteiger charge is 2.20. The quantitative estimate of drug-likeness (QED) is 0.832. The summed E-state index contributed by atoms with van der Waals surface area (Å²) in [5.41, 5.74) is 2.49. The maximum atomic E-state index is 12.8. The monoisotopic (exact) mass is 372 g/mol. The smallest absolute Gasteiger partial charge is 0.258 e. The normalized spacial score (nSPS) is 14.2. The molecule has 1 saturated heterocycles. The maximum Gasteiger partial charge on any atom is 0.258 e. The second-order valence-corrected chi connectivity index (χ2v) is 6.37. The molecule has 1 fully saturated rings. The molecule has 0 saturated carbocycles. The first-order valence-corrected chi connectivity index (χ1v) is 8.89. The number of nitrogens with one attached hydrogen (secondary N) is 1. The molecule has 8 nitrogen and oxygen atoms in total. The van der Waals surface area contributed by atoms with Gasteiger partial charge in [-0.3, -0.25) is 14.3 Å². The van der Waals surface area contributed by atoms with Crippen molar-refractivity contribution < 1.29 is 19.1 Å². The molecular formula is C19H24N4O4. The number of methoxy groups -OCH3 is 1. The van der Waals surface area contributed by atoms with Gasteiger partial charge >= 0.3 is 0 Å². The predicted octanol–water partition coefficient (Wildman–Crippen LogP) is 1.56. The number of aromatic nitrogens is 2. The van der Waals surface area contributed by atoms with Gasteiger partial charge in [-0.2, -0.15) is 5.10 Å². The highest BCUT2D eigenvalue weighted by atomic mass is 16.5. The molecule has 27 heavy (non-hydrogen) atoms. The van der Waals surface area contributed by atoms with Crippen molar-refractivity contribution in [1.29, 1.82) is 0 Å². The third kappa shape index (κ3) is 4.72. The van der Waals surface area contributed by atoms with Gasteiger partial charge in [-0.1, -0.05) is 6.07 Å². The number of benzene rings is 1. The van der Waals surface area contributed by atoms with Crippen LogP contribution < -0.4 is 5.32 Å². The van der Waals surface area contributed by atoms with Gasteiger partial charge in [-0.15, -0.1) is 0 Å². The summed E-state index contributed by atoms with van der Waals surface area (Å²) in [6.45, 7) is 5.24. The Morgan fingerprint density at radius 3 is 2.81 bits per heavy atom. The molecule has 144 valence electrons. The first kappa shape index (κ1) is 19.1. The second kappa shape index (κ2) is 8.79. The van der Waals surface area contributed by atoms with Crippen LogP contribution in [0.2, 0.25) is 0 Å². The van der Waals surface area contributed by atoms with Gasteiger partial charge in [-0.25, -0.2) is 0 Å². The predicted molar refractivity (Wildman–Crippen MR) is 100.0 cm³/mol. The standard InChI is InChI=1S/C19H24N4O4/c1-14-3-4-16(11-17(14)19(25)22-5-9-27-10-6-22)21-18(24)15-12-20-23(13-15)7-8-26-2/h3-4,11-13H,5-10H2,1-2H3,(H,21,24). The summed E-state index contributed by atoms with van der Waals surface area (Å²) >= 11 is 0. The molecular weight excluding hydrogens is 348 g/mol. The van der Waals surface area contributed by atoms with Crippen molar-refractivity contribution in [2.45, 2.75) is 13.5 Å². The molecule has 1 aromatic heterocycles. The fourth-order valence-corrected chi connectivity index (χ4v) is 2.86. The van der Waals surface area contributed by atoms with Crippen LogP contribution in [0.5, 0.6) is 0 Å². The molecule has 8 heteroatoms. The van der Waals surface area contributed by atoms with Crippen LogP contribution >= 0.6 is 0 Å². The first-order valence-electron chi connectivity index (χ1n) is 8.89. The molecule has 0 unspecified atom stereocenters. The minimum absolute atomic E-state index is 0.0423. The Bertz CT molecular complexity index is 812. The summed E-state index contributed by atoms with van der Waals surface area (Å²) in [5.74, 6) is -0.313. The SMILES string of the molecule is COCCn1cc(C(=O)Nc2ccc(C)c(C(=O)N3CCOCC3)c2)cn1. The molecule has 0 spiro atoms. The van der Waals surface area contributed by atoms with Crippen molar-refractivity contribution in [3.8, 4) is 0 Å². The van der Waals surface area contributed by atoms with Crippen LogP contribution in [-0.4, -0.2) is 66.5 Å². The van der Waals surface area contributed by atoms with E-state index in [1.165, 1.54) is 6.20 Å². The van der Waals surface area contributed by atoms with E-state index in [0.717, 1.165) is 5.56 Å². The third-order valence-corrected chi connectivity index (χ3v) is 4.44. The Kier molecular flexibility index (Phi) is 6.20. The van der Waals surface area contributed by atoms with Gasteiger partial charge in [0.1, 0.15) is 0 Å². The van der Waals surface area contributed by atoms with E-state index in [0.29, 0.717) is 56.3 Å². The van der Waals surface area contributed by atoms with Gasteiger partial charge in [0.05, 0.1) is 38.1 Å². The Morgan fingerprint density at radius 2 is 2.07 bits per heavy atom. The third-order valence-electron chi connectivity index (χ3n) is 4.44. The number of aryl methyl sites for hydroxylation is 1. The Hall–Kier alpha value is -2.71. The van der Waals surface area contributed by atoms with Gasteiger partial charge in [-0.05, 0) is 24.6 Å². The van der Waals surface area contributed by atoms with Crippen LogP contribution in [0.15, 0.2) is 30.6 Å². The molecule has 1 aliphatic heterocycles. The molecule has 2 heterocycles. The number of hydrogen-bond donors (Lipinski definition) is 1. The zero-order valence-corrected chi connectivity index (χ0v) is 15.6. The number of carbonyl (C=O) groups excluding carboxylic acids is 2. The number of ether oxygens (including phenoxy) is 2. The van der Waals surface area contributed by atoms with Gasteiger partial charge < -0.3 is 19.7 Å². The minimum atomic E-state index is -0.271. The lowest BCUT2D eigenvalue weighted by molar-refractivity contribution is 0.0302. The van der Waals surface area contributed by atoms with Crippen molar-refractivity contribution in [2.24, 2.45) is 0 Å². The van der Waals surface area contributed by atoms with Gasteiger partial charge in [0, 0.05) is 37.6 Å². The summed E-state index contributed by atoms with van der Waals surface area (Å²) in [7, 11) is 1.62. The summed E-state index contributed by atoms with van der Waals surface area (Å²) < 4.78 is 12.0. The van der Waals surface area contributed by atoms with E-state index in [1.54, 1.807) is 35.0 Å². The van der Waals surface area contributed by atoms with Crippen molar-refractivity contribution in [3.05, 3.63) is 47.3 Å². The van der Waals surface area contributed by atoms with Crippen molar-refractivity contribution in [3.63, 3.8) is 0 Å². The van der Waals surface area contributed by atoms with Gasteiger partial charge in [0.15, 0.2) is 0 Å². The number of anilines is 1. The number of hydrogen-bond acceptors (Lipinski definition) is 5. The maximum absolute atomic E-state index is 12.8. The van der Waals surface area contributed by atoms with Crippen molar-refractivity contribution in [1.82, 2.24) is 14.7 Å². The van der Waals surface area contributed by atoms with E-state index < -0.39 is 0 Å². The Morgan fingerprint density at radius 1 is 1.30 bits per heavy atom. The Labute approximate surface area is 158 Å². The van der Waals surface area contributed by atoms with E-state index in [2.05, 4.69) is 10.4 Å². The molecule has 1 aromatic carbocycles.